The van der Waals surface area contributed by atoms with Crippen LogP contribution in [0.1, 0.15) is 48.6 Å². The van der Waals surface area contributed by atoms with E-state index in [1.165, 1.54) is 36.8 Å². The Labute approximate surface area is 108 Å². The van der Waals surface area contributed by atoms with Crippen molar-refractivity contribution in [2.45, 2.75) is 45.4 Å². The number of hydrogen-bond donors (Lipinski definition) is 1. The van der Waals surface area contributed by atoms with Crippen molar-refractivity contribution >= 4 is 0 Å². The zero-order chi connectivity index (χ0) is 12.5. The number of aryl methyl sites for hydroxylation is 2. The van der Waals surface area contributed by atoms with Gasteiger partial charge in [-0.15, -0.1) is 0 Å². The summed E-state index contributed by atoms with van der Waals surface area (Å²) in [5.74, 6) is 2.51. The molecule has 0 aliphatic heterocycles. The van der Waals surface area contributed by atoms with Gasteiger partial charge in [-0.05, 0) is 32.3 Å². The van der Waals surface area contributed by atoms with Crippen molar-refractivity contribution in [3.63, 3.8) is 0 Å². The molecule has 1 aromatic heterocycles. The number of aromatic amines is 1. The SMILES string of the molecule is Cc1ccc(-c2n[nH]c(C3CCCC3)n2)c(C)c1. The molecule has 18 heavy (non-hydrogen) atoms. The Bertz CT molecular complexity index is 551. The molecule has 0 radical (unpaired) electrons. The number of benzene rings is 1. The summed E-state index contributed by atoms with van der Waals surface area (Å²) >= 11 is 0. The van der Waals surface area contributed by atoms with E-state index in [0.29, 0.717) is 5.92 Å². The molecule has 0 bridgehead atoms. The van der Waals surface area contributed by atoms with E-state index in [9.17, 15) is 0 Å². The van der Waals surface area contributed by atoms with Crippen molar-refractivity contribution in [2.24, 2.45) is 0 Å². The van der Waals surface area contributed by atoms with Crippen LogP contribution in [0.2, 0.25) is 0 Å². The molecule has 1 heterocycles. The lowest BCUT2D eigenvalue weighted by atomic mass is 10.1. The van der Waals surface area contributed by atoms with Crippen LogP contribution in [0.3, 0.4) is 0 Å². The molecule has 1 aromatic carbocycles. The quantitative estimate of drug-likeness (QED) is 0.870. The molecule has 0 unspecified atom stereocenters. The summed E-state index contributed by atoms with van der Waals surface area (Å²) in [6.07, 6.45) is 5.15. The van der Waals surface area contributed by atoms with E-state index in [1.807, 2.05) is 0 Å². The van der Waals surface area contributed by atoms with Gasteiger partial charge in [-0.1, -0.05) is 36.6 Å². The Hall–Kier alpha value is -1.64. The molecule has 1 aliphatic carbocycles. The molecular weight excluding hydrogens is 222 g/mol. The number of aromatic nitrogens is 3. The third-order valence-electron chi connectivity index (χ3n) is 3.87. The van der Waals surface area contributed by atoms with Gasteiger partial charge < -0.3 is 0 Å². The maximum absolute atomic E-state index is 4.69. The number of rotatable bonds is 2. The largest absolute Gasteiger partial charge is 0.262 e. The number of nitrogens with zero attached hydrogens (tertiary/aromatic N) is 2. The lowest BCUT2D eigenvalue weighted by molar-refractivity contribution is 0.672. The highest BCUT2D eigenvalue weighted by Crippen LogP contribution is 2.33. The zero-order valence-corrected chi connectivity index (χ0v) is 11.0. The molecule has 1 fully saturated rings. The average Bonchev–Trinajstić information content (AvgIpc) is 2.99. The van der Waals surface area contributed by atoms with Gasteiger partial charge in [0.15, 0.2) is 5.82 Å². The van der Waals surface area contributed by atoms with Gasteiger partial charge in [0.05, 0.1) is 0 Å². The normalized spacial score (nSPS) is 16.3. The van der Waals surface area contributed by atoms with Crippen molar-refractivity contribution in [1.29, 1.82) is 0 Å². The van der Waals surface area contributed by atoms with Gasteiger partial charge in [0.2, 0.25) is 0 Å². The first-order chi connectivity index (χ1) is 8.74. The molecule has 94 valence electrons. The third kappa shape index (κ3) is 2.05. The van der Waals surface area contributed by atoms with Crippen molar-refractivity contribution < 1.29 is 0 Å². The van der Waals surface area contributed by atoms with E-state index < -0.39 is 0 Å². The molecule has 1 N–H and O–H groups in total. The molecule has 0 spiro atoms. The second kappa shape index (κ2) is 4.56. The van der Waals surface area contributed by atoms with Gasteiger partial charge in [0, 0.05) is 11.5 Å². The highest BCUT2D eigenvalue weighted by Gasteiger charge is 2.21. The summed E-state index contributed by atoms with van der Waals surface area (Å²) in [6.45, 7) is 4.23. The fourth-order valence-corrected chi connectivity index (χ4v) is 2.84. The zero-order valence-electron chi connectivity index (χ0n) is 11.0. The minimum Gasteiger partial charge on any atom is -0.262 e. The highest BCUT2D eigenvalue weighted by molar-refractivity contribution is 5.60. The van der Waals surface area contributed by atoms with Crippen LogP contribution < -0.4 is 0 Å². The first kappa shape index (κ1) is 11.5. The molecule has 3 rings (SSSR count). The monoisotopic (exact) mass is 241 g/mol. The standard InChI is InChI=1S/C15H19N3/c1-10-7-8-13(11(2)9-10)15-16-14(17-18-15)12-5-3-4-6-12/h7-9,12H,3-6H2,1-2H3,(H,16,17,18). The molecular formula is C15H19N3. The van der Waals surface area contributed by atoms with Gasteiger partial charge in [0.1, 0.15) is 5.82 Å². The summed E-state index contributed by atoms with van der Waals surface area (Å²) < 4.78 is 0. The molecule has 1 saturated carbocycles. The van der Waals surface area contributed by atoms with Crippen LogP contribution in [0.4, 0.5) is 0 Å². The summed E-state index contributed by atoms with van der Waals surface area (Å²) in [5.41, 5.74) is 3.66. The maximum atomic E-state index is 4.69. The van der Waals surface area contributed by atoms with E-state index in [2.05, 4.69) is 47.2 Å². The van der Waals surface area contributed by atoms with E-state index in [4.69, 9.17) is 0 Å². The van der Waals surface area contributed by atoms with E-state index in [-0.39, 0.29) is 0 Å². The Balaban J connectivity index is 1.92. The molecule has 0 atom stereocenters. The first-order valence-corrected chi connectivity index (χ1v) is 6.74. The summed E-state index contributed by atoms with van der Waals surface area (Å²) in [5, 5.41) is 7.51. The molecule has 0 saturated heterocycles. The predicted octanol–water partition coefficient (Wildman–Crippen LogP) is 3.75. The number of H-pyrrole nitrogens is 1. The van der Waals surface area contributed by atoms with Crippen LogP contribution in [0.15, 0.2) is 18.2 Å². The molecule has 3 nitrogen and oxygen atoms in total. The summed E-state index contributed by atoms with van der Waals surface area (Å²) in [6, 6.07) is 6.42. The van der Waals surface area contributed by atoms with Gasteiger partial charge in [0.25, 0.3) is 0 Å². The lowest BCUT2D eigenvalue weighted by Crippen LogP contribution is -1.94. The fourth-order valence-electron chi connectivity index (χ4n) is 2.84. The number of nitrogens with one attached hydrogen (secondary N) is 1. The smallest absolute Gasteiger partial charge is 0.181 e. The summed E-state index contributed by atoms with van der Waals surface area (Å²) in [4.78, 5) is 4.69. The number of hydrogen-bond acceptors (Lipinski definition) is 2. The van der Waals surface area contributed by atoms with E-state index in [0.717, 1.165) is 17.2 Å². The van der Waals surface area contributed by atoms with Crippen LogP contribution in [0.25, 0.3) is 11.4 Å². The van der Waals surface area contributed by atoms with Crippen molar-refractivity contribution in [1.82, 2.24) is 15.2 Å². The van der Waals surface area contributed by atoms with Crippen LogP contribution in [0.5, 0.6) is 0 Å². The second-order valence-corrected chi connectivity index (χ2v) is 5.34. The Morgan fingerprint density at radius 1 is 1.17 bits per heavy atom. The fraction of sp³-hybridized carbons (Fsp3) is 0.467. The van der Waals surface area contributed by atoms with E-state index in [1.54, 1.807) is 0 Å². The Kier molecular flexibility index (Phi) is 2.90. The van der Waals surface area contributed by atoms with Gasteiger partial charge in [-0.3, -0.25) is 5.10 Å². The third-order valence-corrected chi connectivity index (χ3v) is 3.87. The first-order valence-electron chi connectivity index (χ1n) is 6.74. The van der Waals surface area contributed by atoms with Gasteiger partial charge >= 0.3 is 0 Å². The highest BCUT2D eigenvalue weighted by atomic mass is 15.2. The average molecular weight is 241 g/mol. The van der Waals surface area contributed by atoms with Crippen LogP contribution in [-0.4, -0.2) is 15.2 Å². The molecule has 2 aromatic rings. The van der Waals surface area contributed by atoms with Crippen LogP contribution in [0, 0.1) is 13.8 Å². The van der Waals surface area contributed by atoms with Gasteiger partial charge in [-0.25, -0.2) is 4.98 Å². The predicted molar refractivity (Wildman–Crippen MR) is 72.5 cm³/mol. The maximum Gasteiger partial charge on any atom is 0.181 e. The lowest BCUT2D eigenvalue weighted by Gasteiger charge is -2.03. The molecule has 3 heteroatoms. The topological polar surface area (TPSA) is 41.6 Å². The summed E-state index contributed by atoms with van der Waals surface area (Å²) in [7, 11) is 0. The minimum atomic E-state index is 0.594. The van der Waals surface area contributed by atoms with Crippen molar-refractivity contribution in [3.8, 4) is 11.4 Å². The van der Waals surface area contributed by atoms with Crippen LogP contribution in [-0.2, 0) is 0 Å². The van der Waals surface area contributed by atoms with Crippen molar-refractivity contribution in [2.75, 3.05) is 0 Å². The molecule has 0 amide bonds. The Morgan fingerprint density at radius 3 is 2.67 bits per heavy atom. The Morgan fingerprint density at radius 2 is 1.94 bits per heavy atom. The van der Waals surface area contributed by atoms with E-state index >= 15 is 0 Å². The van der Waals surface area contributed by atoms with Gasteiger partial charge in [-0.2, -0.15) is 5.10 Å². The van der Waals surface area contributed by atoms with Crippen LogP contribution >= 0.6 is 0 Å². The molecule has 1 aliphatic rings. The van der Waals surface area contributed by atoms with Crippen molar-refractivity contribution in [3.05, 3.63) is 35.2 Å². The second-order valence-electron chi connectivity index (χ2n) is 5.34. The minimum absolute atomic E-state index is 0.594.